The molecule has 4 fully saturated rings. The smallest absolute Gasteiger partial charge is 0.282 e. The van der Waals surface area contributed by atoms with E-state index in [4.69, 9.17) is 4.52 Å². The zero-order valence-corrected chi connectivity index (χ0v) is 19.9. The van der Waals surface area contributed by atoms with Crippen molar-refractivity contribution in [3.63, 3.8) is 0 Å². The summed E-state index contributed by atoms with van der Waals surface area (Å²) in [6.07, 6.45) is 5.10. The van der Waals surface area contributed by atoms with Gasteiger partial charge < -0.3 is 15.2 Å². The molecule has 1 amide bonds. The predicted octanol–water partition coefficient (Wildman–Crippen LogP) is 2.17. The highest BCUT2D eigenvalue weighted by atomic mass is 32.2. The topological polar surface area (TPSA) is 108 Å². The number of benzene rings is 1. The Balaban J connectivity index is 1.12. The number of nitrogens with one attached hydrogen (secondary N) is 2. The van der Waals surface area contributed by atoms with Gasteiger partial charge in [-0.1, -0.05) is 35.5 Å². The van der Waals surface area contributed by atoms with Crippen LogP contribution in [-0.2, 0) is 10.2 Å². The highest BCUT2D eigenvalue weighted by molar-refractivity contribution is 7.86. The van der Waals surface area contributed by atoms with Gasteiger partial charge in [0.1, 0.15) is 5.76 Å². The molecule has 3 aliphatic heterocycles. The Bertz CT molecular complexity index is 1140. The molecule has 2 bridgehead atoms. The Hall–Kier alpha value is -2.27. The Morgan fingerprint density at radius 2 is 1.82 bits per heavy atom. The van der Waals surface area contributed by atoms with Gasteiger partial charge in [-0.3, -0.25) is 4.79 Å². The molecule has 1 saturated carbocycles. The van der Waals surface area contributed by atoms with Crippen molar-refractivity contribution in [1.82, 2.24) is 24.4 Å². The lowest BCUT2D eigenvalue weighted by atomic mass is 9.99. The highest BCUT2D eigenvalue weighted by Crippen LogP contribution is 2.41. The minimum atomic E-state index is -3.58. The second kappa shape index (κ2) is 8.75. The third kappa shape index (κ3) is 4.17. The molecule has 2 unspecified atom stereocenters. The lowest BCUT2D eigenvalue weighted by molar-refractivity contribution is 0.0897. The van der Waals surface area contributed by atoms with Crippen LogP contribution in [0.15, 0.2) is 40.9 Å². The highest BCUT2D eigenvalue weighted by Gasteiger charge is 2.49. The van der Waals surface area contributed by atoms with E-state index in [0.717, 1.165) is 37.0 Å². The van der Waals surface area contributed by atoms with Crippen LogP contribution >= 0.6 is 0 Å². The monoisotopic (exact) mass is 485 g/mol. The van der Waals surface area contributed by atoms with Gasteiger partial charge in [-0.05, 0) is 44.1 Å². The number of fused-ring (bicyclic) bond motifs is 2. The summed E-state index contributed by atoms with van der Waals surface area (Å²) in [5.74, 6) is 0.963. The molecule has 1 aliphatic carbocycles. The first-order valence-electron chi connectivity index (χ1n) is 12.3. The molecular formula is C24H31N5O4S. The van der Waals surface area contributed by atoms with Crippen LogP contribution in [0.1, 0.15) is 72.3 Å². The number of carbonyl (C=O) groups is 1. The Morgan fingerprint density at radius 1 is 1.09 bits per heavy atom. The maximum Gasteiger partial charge on any atom is 0.282 e. The SMILES string of the molecule is O=C(NC1C[C@H]2CC[C@@H](C1)N2S(=O)(=O)N1CCNC(c2ccccc2)C1)c1cc(C2CC2)on1. The third-order valence-corrected chi connectivity index (χ3v) is 9.79. The summed E-state index contributed by atoms with van der Waals surface area (Å²) in [6.45, 7) is 1.52. The van der Waals surface area contributed by atoms with Crippen molar-refractivity contribution < 1.29 is 17.7 Å². The molecule has 0 radical (unpaired) electrons. The Morgan fingerprint density at radius 3 is 2.53 bits per heavy atom. The van der Waals surface area contributed by atoms with Crippen molar-refractivity contribution in [2.75, 3.05) is 19.6 Å². The molecule has 9 nitrogen and oxygen atoms in total. The normalized spacial score (nSPS) is 30.4. The van der Waals surface area contributed by atoms with Crippen LogP contribution in [0.4, 0.5) is 0 Å². The van der Waals surface area contributed by atoms with Gasteiger partial charge in [-0.2, -0.15) is 17.0 Å². The van der Waals surface area contributed by atoms with E-state index in [0.29, 0.717) is 44.1 Å². The minimum absolute atomic E-state index is 0.0119. The number of hydrogen-bond acceptors (Lipinski definition) is 6. The van der Waals surface area contributed by atoms with Crippen LogP contribution in [0.5, 0.6) is 0 Å². The molecule has 2 N–H and O–H groups in total. The quantitative estimate of drug-likeness (QED) is 0.649. The average molecular weight is 486 g/mol. The summed E-state index contributed by atoms with van der Waals surface area (Å²) >= 11 is 0. The largest absolute Gasteiger partial charge is 0.360 e. The lowest BCUT2D eigenvalue weighted by Crippen LogP contribution is -2.58. The van der Waals surface area contributed by atoms with Crippen LogP contribution in [0, 0.1) is 0 Å². The van der Waals surface area contributed by atoms with Crippen molar-refractivity contribution in [3.8, 4) is 0 Å². The lowest BCUT2D eigenvalue weighted by Gasteiger charge is -2.42. The number of nitrogens with zero attached hydrogens (tertiary/aromatic N) is 3. The van der Waals surface area contributed by atoms with Crippen molar-refractivity contribution in [3.05, 3.63) is 53.4 Å². The number of aromatic nitrogens is 1. The van der Waals surface area contributed by atoms with E-state index < -0.39 is 10.2 Å². The summed E-state index contributed by atoms with van der Waals surface area (Å²) in [5, 5.41) is 10.5. The summed E-state index contributed by atoms with van der Waals surface area (Å²) in [6, 6.07) is 11.5. The zero-order chi connectivity index (χ0) is 23.3. The first-order valence-corrected chi connectivity index (χ1v) is 13.7. The fourth-order valence-electron chi connectivity index (χ4n) is 5.82. The number of carbonyl (C=O) groups excluding carboxylic acids is 1. The van der Waals surface area contributed by atoms with E-state index in [1.54, 1.807) is 14.7 Å². The first-order chi connectivity index (χ1) is 16.5. The Kier molecular flexibility index (Phi) is 5.71. The molecule has 4 atom stereocenters. The Labute approximate surface area is 200 Å². The number of amides is 1. The second-order valence-electron chi connectivity index (χ2n) is 10.0. The number of piperidine rings is 1. The van der Waals surface area contributed by atoms with E-state index in [2.05, 4.69) is 15.8 Å². The molecule has 1 aromatic heterocycles. The van der Waals surface area contributed by atoms with E-state index in [1.165, 1.54) is 0 Å². The van der Waals surface area contributed by atoms with E-state index in [-0.39, 0.29) is 30.1 Å². The van der Waals surface area contributed by atoms with E-state index in [9.17, 15) is 13.2 Å². The summed E-state index contributed by atoms with van der Waals surface area (Å²) in [4.78, 5) is 12.7. The molecule has 2 aromatic rings. The molecular weight excluding hydrogens is 454 g/mol. The number of rotatable bonds is 6. The molecule has 182 valence electrons. The van der Waals surface area contributed by atoms with Gasteiger partial charge in [0.25, 0.3) is 16.1 Å². The standard InChI is InChI=1S/C24H31N5O4S/c30-24(21-14-23(33-27-21)17-6-7-17)26-18-12-19-8-9-20(13-18)29(19)34(31,32)28-11-10-25-22(15-28)16-4-2-1-3-5-16/h1-5,14,17-20,22,25H,6-13,15H2,(H,26,30)/t18?,19-,20+,22?. The fourth-order valence-corrected chi connectivity index (χ4v) is 7.88. The molecule has 4 heterocycles. The molecule has 6 rings (SSSR count). The minimum Gasteiger partial charge on any atom is -0.360 e. The van der Waals surface area contributed by atoms with Crippen LogP contribution in [0.3, 0.4) is 0 Å². The maximum absolute atomic E-state index is 13.7. The van der Waals surface area contributed by atoms with Gasteiger partial charge in [0.2, 0.25) is 0 Å². The van der Waals surface area contributed by atoms with E-state index in [1.807, 2.05) is 30.3 Å². The molecule has 3 saturated heterocycles. The van der Waals surface area contributed by atoms with Gasteiger partial charge in [0.15, 0.2) is 5.69 Å². The van der Waals surface area contributed by atoms with Crippen LogP contribution in [0.25, 0.3) is 0 Å². The van der Waals surface area contributed by atoms with Crippen molar-refractivity contribution in [1.29, 1.82) is 0 Å². The second-order valence-corrected chi connectivity index (χ2v) is 11.9. The third-order valence-electron chi connectivity index (χ3n) is 7.67. The predicted molar refractivity (Wildman–Crippen MR) is 125 cm³/mol. The summed E-state index contributed by atoms with van der Waals surface area (Å²) in [7, 11) is -3.58. The van der Waals surface area contributed by atoms with Gasteiger partial charge in [0.05, 0.1) is 0 Å². The van der Waals surface area contributed by atoms with Crippen LogP contribution in [-0.4, -0.2) is 65.9 Å². The number of hydrogen-bond donors (Lipinski definition) is 2. The van der Waals surface area contributed by atoms with Gasteiger partial charge in [-0.25, -0.2) is 0 Å². The molecule has 4 aliphatic rings. The summed E-state index contributed by atoms with van der Waals surface area (Å²) < 4.78 is 36.1. The van der Waals surface area contributed by atoms with Crippen molar-refractivity contribution in [2.24, 2.45) is 0 Å². The van der Waals surface area contributed by atoms with Gasteiger partial charge in [-0.15, -0.1) is 0 Å². The van der Waals surface area contributed by atoms with Crippen molar-refractivity contribution >= 4 is 16.1 Å². The molecule has 1 aromatic carbocycles. The van der Waals surface area contributed by atoms with Gasteiger partial charge in [0, 0.05) is 55.8 Å². The molecule has 0 spiro atoms. The van der Waals surface area contributed by atoms with Crippen LogP contribution < -0.4 is 10.6 Å². The average Bonchev–Trinajstić information content (AvgIpc) is 3.51. The zero-order valence-electron chi connectivity index (χ0n) is 19.1. The first kappa shape index (κ1) is 22.2. The van der Waals surface area contributed by atoms with Crippen molar-refractivity contribution in [2.45, 2.75) is 68.6 Å². The molecule has 34 heavy (non-hydrogen) atoms. The number of piperazine rings is 1. The van der Waals surface area contributed by atoms with E-state index >= 15 is 0 Å². The summed E-state index contributed by atoms with van der Waals surface area (Å²) in [5.41, 5.74) is 1.42. The van der Waals surface area contributed by atoms with Gasteiger partial charge >= 0.3 is 0 Å². The maximum atomic E-state index is 13.7. The van der Waals surface area contributed by atoms with Crippen LogP contribution in [0.2, 0.25) is 0 Å². The molecule has 10 heteroatoms. The fraction of sp³-hybridized carbons (Fsp3) is 0.583.